The molecule has 0 spiro atoms. The van der Waals surface area contributed by atoms with Crippen LogP contribution in [0.2, 0.25) is 0 Å². The minimum absolute atomic E-state index is 0.0618. The molecule has 1 atom stereocenters. The van der Waals surface area contributed by atoms with Crippen LogP contribution in [-0.4, -0.2) is 37.3 Å². The van der Waals surface area contributed by atoms with Crippen LogP contribution in [0.1, 0.15) is 44.7 Å². The van der Waals surface area contributed by atoms with Gasteiger partial charge in [0.25, 0.3) is 0 Å². The maximum absolute atomic E-state index is 13.0. The van der Waals surface area contributed by atoms with Crippen LogP contribution in [0, 0.1) is 0 Å². The van der Waals surface area contributed by atoms with Gasteiger partial charge < -0.3 is 14.4 Å². The highest BCUT2D eigenvalue weighted by Gasteiger charge is 2.30. The lowest BCUT2D eigenvalue weighted by molar-refractivity contribution is -0.120. The minimum atomic E-state index is -0.522. The molecule has 1 aromatic rings. The van der Waals surface area contributed by atoms with Crippen LogP contribution in [0.4, 0.5) is 5.69 Å². The molecule has 0 N–H and O–H groups in total. The molecular weight excluding hydrogens is 326 g/mol. The molecule has 2 rings (SSSR count). The third-order valence-corrected chi connectivity index (χ3v) is 4.74. The molecule has 0 aliphatic carbocycles. The van der Waals surface area contributed by atoms with E-state index in [9.17, 15) is 4.79 Å². The van der Waals surface area contributed by atoms with Gasteiger partial charge in [-0.15, -0.1) is 11.6 Å². The van der Waals surface area contributed by atoms with E-state index in [1.54, 1.807) is 4.90 Å². The lowest BCUT2D eigenvalue weighted by Gasteiger charge is -2.30. The fourth-order valence-corrected chi connectivity index (χ4v) is 3.40. The van der Waals surface area contributed by atoms with Gasteiger partial charge in [0.2, 0.25) is 5.91 Å². The summed E-state index contributed by atoms with van der Waals surface area (Å²) >= 11 is 6.38. The highest BCUT2D eigenvalue weighted by atomic mass is 35.5. The SMILES string of the molecule is CCCC(Cl)C(=O)N(CC1OCCO1)c1c(CC)cccc1CC. The number of hydrogen-bond acceptors (Lipinski definition) is 3. The number of nitrogens with zero attached hydrogens (tertiary/aromatic N) is 1. The van der Waals surface area contributed by atoms with E-state index in [0.29, 0.717) is 26.2 Å². The lowest BCUT2D eigenvalue weighted by Crippen LogP contribution is -2.43. The summed E-state index contributed by atoms with van der Waals surface area (Å²) in [5.41, 5.74) is 3.29. The minimum Gasteiger partial charge on any atom is -0.348 e. The van der Waals surface area contributed by atoms with Gasteiger partial charge in [-0.1, -0.05) is 45.4 Å². The molecule has 1 aliphatic heterocycles. The Morgan fingerprint density at radius 2 is 1.79 bits per heavy atom. The smallest absolute Gasteiger partial charge is 0.245 e. The van der Waals surface area contributed by atoms with Crippen molar-refractivity contribution >= 4 is 23.2 Å². The summed E-state index contributed by atoms with van der Waals surface area (Å²) < 4.78 is 11.2. The van der Waals surface area contributed by atoms with Crippen LogP contribution in [0.25, 0.3) is 0 Å². The van der Waals surface area contributed by atoms with E-state index in [1.165, 1.54) is 0 Å². The Balaban J connectivity index is 2.39. The average Bonchev–Trinajstić information content (AvgIpc) is 3.11. The number of carbonyl (C=O) groups excluding carboxylic acids is 1. The van der Waals surface area contributed by atoms with Gasteiger partial charge in [0.1, 0.15) is 5.38 Å². The molecule has 134 valence electrons. The molecule has 24 heavy (non-hydrogen) atoms. The summed E-state index contributed by atoms with van der Waals surface area (Å²) in [7, 11) is 0. The van der Waals surface area contributed by atoms with Crippen molar-refractivity contribution in [1.82, 2.24) is 0 Å². The molecule has 1 aromatic carbocycles. The number of halogens is 1. The predicted molar refractivity (Wildman–Crippen MR) is 97.8 cm³/mol. The lowest BCUT2D eigenvalue weighted by atomic mass is 10.0. The van der Waals surface area contributed by atoms with E-state index in [4.69, 9.17) is 21.1 Å². The van der Waals surface area contributed by atoms with Crippen molar-refractivity contribution in [3.05, 3.63) is 29.3 Å². The maximum Gasteiger partial charge on any atom is 0.245 e. The Morgan fingerprint density at radius 1 is 1.21 bits per heavy atom. The monoisotopic (exact) mass is 353 g/mol. The van der Waals surface area contributed by atoms with Gasteiger partial charge in [-0.05, 0) is 30.4 Å². The highest BCUT2D eigenvalue weighted by Crippen LogP contribution is 2.29. The van der Waals surface area contributed by atoms with Gasteiger partial charge in [-0.2, -0.15) is 0 Å². The number of alkyl halides is 1. The second-order valence-corrected chi connectivity index (χ2v) is 6.53. The number of ether oxygens (including phenoxy) is 2. The molecule has 0 aromatic heterocycles. The van der Waals surface area contributed by atoms with Crippen molar-refractivity contribution in [2.75, 3.05) is 24.7 Å². The van der Waals surface area contributed by atoms with Crippen molar-refractivity contribution in [2.24, 2.45) is 0 Å². The van der Waals surface area contributed by atoms with Crippen LogP contribution >= 0.6 is 11.6 Å². The van der Waals surface area contributed by atoms with Crippen LogP contribution in [0.3, 0.4) is 0 Å². The Labute approximate surface area is 150 Å². The Morgan fingerprint density at radius 3 is 2.29 bits per heavy atom. The summed E-state index contributed by atoms with van der Waals surface area (Å²) in [4.78, 5) is 14.8. The summed E-state index contributed by atoms with van der Waals surface area (Å²) in [6.45, 7) is 7.77. The number of rotatable bonds is 8. The van der Waals surface area contributed by atoms with Crippen molar-refractivity contribution in [2.45, 2.75) is 58.1 Å². The van der Waals surface area contributed by atoms with Crippen LogP contribution in [0.15, 0.2) is 18.2 Å². The van der Waals surface area contributed by atoms with Crippen molar-refractivity contribution in [1.29, 1.82) is 0 Å². The molecule has 0 bridgehead atoms. The number of hydrogen-bond donors (Lipinski definition) is 0. The normalized spacial score (nSPS) is 16.3. The zero-order chi connectivity index (χ0) is 17.5. The van der Waals surface area contributed by atoms with E-state index in [-0.39, 0.29) is 12.2 Å². The number of carbonyl (C=O) groups is 1. The molecule has 1 unspecified atom stereocenters. The van der Waals surface area contributed by atoms with E-state index >= 15 is 0 Å². The topological polar surface area (TPSA) is 38.8 Å². The number of aryl methyl sites for hydroxylation is 2. The fraction of sp³-hybridized carbons (Fsp3) is 0.632. The van der Waals surface area contributed by atoms with Crippen molar-refractivity contribution < 1.29 is 14.3 Å². The van der Waals surface area contributed by atoms with E-state index in [1.807, 2.05) is 6.92 Å². The first-order valence-electron chi connectivity index (χ1n) is 8.91. The van der Waals surface area contributed by atoms with Gasteiger partial charge in [-0.3, -0.25) is 4.79 Å². The molecule has 1 aliphatic rings. The zero-order valence-corrected chi connectivity index (χ0v) is 15.6. The van der Waals surface area contributed by atoms with Gasteiger partial charge >= 0.3 is 0 Å². The molecule has 0 saturated carbocycles. The molecule has 0 radical (unpaired) electrons. The van der Waals surface area contributed by atoms with Crippen LogP contribution in [-0.2, 0) is 27.1 Å². The van der Waals surface area contributed by atoms with Gasteiger partial charge in [0.15, 0.2) is 6.29 Å². The summed E-state index contributed by atoms with van der Waals surface area (Å²) in [5, 5.41) is -0.522. The Hall–Kier alpha value is -1.10. The van der Waals surface area contributed by atoms with E-state index < -0.39 is 5.38 Å². The first kappa shape index (κ1) is 19.2. The van der Waals surface area contributed by atoms with Gasteiger partial charge in [0, 0.05) is 0 Å². The number of benzene rings is 1. The van der Waals surface area contributed by atoms with Crippen molar-refractivity contribution in [3.8, 4) is 0 Å². The van der Waals surface area contributed by atoms with Crippen LogP contribution < -0.4 is 4.90 Å². The molecule has 1 saturated heterocycles. The van der Waals surface area contributed by atoms with E-state index in [2.05, 4.69) is 32.0 Å². The Bertz CT molecular complexity index is 521. The largest absolute Gasteiger partial charge is 0.348 e. The molecular formula is C19H28ClNO3. The van der Waals surface area contributed by atoms with Gasteiger partial charge in [-0.25, -0.2) is 0 Å². The van der Waals surface area contributed by atoms with Crippen molar-refractivity contribution in [3.63, 3.8) is 0 Å². The number of amides is 1. The molecule has 1 fully saturated rings. The fourth-order valence-electron chi connectivity index (χ4n) is 3.06. The third-order valence-electron chi connectivity index (χ3n) is 4.33. The van der Waals surface area contributed by atoms with E-state index in [0.717, 1.165) is 36.1 Å². The molecule has 4 nitrogen and oxygen atoms in total. The first-order valence-corrected chi connectivity index (χ1v) is 9.35. The van der Waals surface area contributed by atoms with Gasteiger partial charge in [0.05, 0.1) is 25.4 Å². The zero-order valence-electron chi connectivity index (χ0n) is 14.9. The quantitative estimate of drug-likeness (QED) is 0.665. The highest BCUT2D eigenvalue weighted by molar-refractivity contribution is 6.32. The van der Waals surface area contributed by atoms with Crippen LogP contribution in [0.5, 0.6) is 0 Å². The average molecular weight is 354 g/mol. The Kier molecular flexibility index (Phi) is 7.53. The predicted octanol–water partition coefficient (Wildman–Crippen LogP) is 3.92. The molecule has 1 amide bonds. The summed E-state index contributed by atoms with van der Waals surface area (Å²) in [5.74, 6) is -0.0618. The second kappa shape index (κ2) is 9.40. The summed E-state index contributed by atoms with van der Waals surface area (Å²) in [6.07, 6.45) is 2.88. The third kappa shape index (κ3) is 4.50. The number of anilines is 1. The standard InChI is InChI=1S/C19H28ClNO3/c1-4-8-16(20)19(22)21(13-17-23-11-12-24-17)18-14(5-2)9-7-10-15(18)6-3/h7,9-10,16-17H,4-6,8,11-13H2,1-3H3. The molecule has 5 heteroatoms. The molecule has 1 heterocycles. The number of para-hydroxylation sites is 1. The maximum atomic E-state index is 13.0. The summed E-state index contributed by atoms with van der Waals surface area (Å²) in [6, 6.07) is 6.21. The second-order valence-electron chi connectivity index (χ2n) is 6.01. The first-order chi connectivity index (χ1) is 11.6.